The Morgan fingerprint density at radius 1 is 0.244 bits per heavy atom. The van der Waals surface area contributed by atoms with Crippen molar-refractivity contribution >= 4 is 21.5 Å². The summed E-state index contributed by atoms with van der Waals surface area (Å²) in [4.78, 5) is 0. The smallest absolute Gasteiger partial charge is 0.196 e. The second-order valence-corrected chi connectivity index (χ2v) is 26.2. The summed E-state index contributed by atoms with van der Waals surface area (Å²) in [5.74, 6) is 1.24. The molecular formula is C80H94F2. The quantitative estimate of drug-likeness (QED) is 0.133. The molecule has 0 unspecified atom stereocenters. The number of benzene rings is 9. The number of hydrogen-bond acceptors (Lipinski definition) is 0. The summed E-state index contributed by atoms with van der Waals surface area (Å²) >= 11 is 0. The molecule has 0 aromatic heterocycles. The van der Waals surface area contributed by atoms with Gasteiger partial charge in [0.2, 0.25) is 0 Å². The van der Waals surface area contributed by atoms with E-state index in [4.69, 9.17) is 0 Å². The third-order valence-electron chi connectivity index (χ3n) is 17.7. The molecule has 9 aromatic carbocycles. The lowest BCUT2D eigenvalue weighted by Gasteiger charge is -2.22. The topological polar surface area (TPSA) is 0 Å². The highest BCUT2D eigenvalue weighted by Crippen LogP contribution is 2.52. The number of halogens is 2. The van der Waals surface area contributed by atoms with Gasteiger partial charge in [-0.15, -0.1) is 0 Å². The van der Waals surface area contributed by atoms with E-state index in [1.165, 1.54) is 125 Å². The Labute approximate surface area is 493 Å². The van der Waals surface area contributed by atoms with E-state index in [1.54, 1.807) is 12.1 Å². The van der Waals surface area contributed by atoms with E-state index in [9.17, 15) is 8.78 Å². The Morgan fingerprint density at radius 3 is 0.695 bits per heavy atom. The molecule has 3 aliphatic carbocycles. The van der Waals surface area contributed by atoms with E-state index in [2.05, 4.69) is 204 Å². The van der Waals surface area contributed by atoms with Crippen LogP contribution < -0.4 is 0 Å². The number of fused-ring (bicyclic) bond motifs is 11. The monoisotopic (exact) mass is 1090 g/mol. The minimum absolute atomic E-state index is 0. The van der Waals surface area contributed by atoms with Crippen LogP contribution in [0.15, 0.2) is 158 Å². The zero-order valence-electron chi connectivity index (χ0n) is 51.7. The molecule has 9 aromatic rings. The summed E-state index contributed by atoms with van der Waals surface area (Å²) in [6, 6.07) is 57.5. The van der Waals surface area contributed by atoms with E-state index >= 15 is 0 Å². The lowest BCUT2D eigenvalue weighted by Crippen LogP contribution is -2.12. The van der Waals surface area contributed by atoms with E-state index in [1.807, 2.05) is 52.0 Å². The maximum atomic E-state index is 14.8. The third-order valence-corrected chi connectivity index (χ3v) is 17.7. The first kappa shape index (κ1) is 61.4. The molecule has 0 aliphatic heterocycles. The van der Waals surface area contributed by atoms with Crippen molar-refractivity contribution < 1.29 is 8.78 Å². The number of hydrogen-bond donors (Lipinski definition) is 0. The van der Waals surface area contributed by atoms with Crippen LogP contribution in [-0.4, -0.2) is 0 Å². The summed E-state index contributed by atoms with van der Waals surface area (Å²) < 4.78 is 29.6. The van der Waals surface area contributed by atoms with Gasteiger partial charge in [0.05, 0.1) is 0 Å². The predicted octanol–water partition coefficient (Wildman–Crippen LogP) is 24.3. The van der Waals surface area contributed by atoms with Crippen LogP contribution in [0.2, 0.25) is 0 Å². The average Bonchev–Trinajstić information content (AvgIpc) is 3.80. The van der Waals surface area contributed by atoms with Crippen molar-refractivity contribution in [3.05, 3.63) is 236 Å². The molecule has 0 atom stereocenters. The first-order valence-electron chi connectivity index (χ1n) is 30.6. The van der Waals surface area contributed by atoms with E-state index in [-0.39, 0.29) is 30.4 Å². The van der Waals surface area contributed by atoms with E-state index < -0.39 is 5.92 Å². The molecule has 0 fully saturated rings. The highest BCUT2D eigenvalue weighted by molar-refractivity contribution is 5.98. The normalized spacial score (nSPS) is 13.4. The first-order valence-corrected chi connectivity index (χ1v) is 30.6. The van der Waals surface area contributed by atoms with Crippen LogP contribution in [0.3, 0.4) is 0 Å². The van der Waals surface area contributed by atoms with E-state index in [0.717, 1.165) is 11.1 Å². The average molecular weight is 1090 g/mol. The Kier molecular flexibility index (Phi) is 19.1. The summed E-state index contributed by atoms with van der Waals surface area (Å²) in [6.07, 6.45) is 4.74. The fourth-order valence-corrected chi connectivity index (χ4v) is 12.0. The second-order valence-electron chi connectivity index (χ2n) is 26.2. The molecule has 0 nitrogen and oxygen atoms in total. The van der Waals surface area contributed by atoms with Gasteiger partial charge in [-0.1, -0.05) is 252 Å². The van der Waals surface area contributed by atoms with Gasteiger partial charge >= 0.3 is 0 Å². The zero-order chi connectivity index (χ0) is 58.2. The highest BCUT2D eigenvalue weighted by Gasteiger charge is 2.44. The van der Waals surface area contributed by atoms with Gasteiger partial charge in [-0.3, -0.25) is 0 Å². The van der Waals surface area contributed by atoms with Crippen molar-refractivity contribution in [1.82, 2.24) is 0 Å². The van der Waals surface area contributed by atoms with Gasteiger partial charge in [-0.25, -0.2) is 0 Å². The molecule has 12 rings (SSSR count). The summed E-state index contributed by atoms with van der Waals surface area (Å²) in [6.45, 7) is 35.3. The van der Waals surface area contributed by atoms with Crippen LogP contribution in [-0.2, 0) is 31.6 Å². The minimum Gasteiger partial charge on any atom is -0.196 e. The van der Waals surface area contributed by atoms with Crippen molar-refractivity contribution in [3.63, 3.8) is 0 Å². The lowest BCUT2D eigenvalue weighted by atomic mass is 9.82. The van der Waals surface area contributed by atoms with Crippen LogP contribution >= 0.6 is 0 Å². The molecule has 3 aliphatic rings. The van der Waals surface area contributed by atoms with Gasteiger partial charge in [-0.05, 0) is 219 Å². The largest absolute Gasteiger partial charge is 0.299 e. The maximum Gasteiger partial charge on any atom is 0.299 e. The van der Waals surface area contributed by atoms with Gasteiger partial charge in [-0.2, -0.15) is 8.78 Å². The molecule has 0 heterocycles. The van der Waals surface area contributed by atoms with Crippen molar-refractivity contribution in [1.29, 1.82) is 0 Å². The third kappa shape index (κ3) is 13.1. The molecule has 0 spiro atoms. The molecule has 428 valence electrons. The summed E-state index contributed by atoms with van der Waals surface area (Å²) in [7, 11) is 0. The number of rotatable bonds is 8. The molecule has 0 bridgehead atoms. The van der Waals surface area contributed by atoms with Gasteiger partial charge in [0.25, 0.3) is 5.92 Å². The van der Waals surface area contributed by atoms with Crippen LogP contribution in [0.4, 0.5) is 8.78 Å². The van der Waals surface area contributed by atoms with Crippen LogP contribution in [0.5, 0.6) is 0 Å². The standard InChI is InChI=1S/C20H22.2C20H24.C19H20F2.CH4/c1-13(2)15-5-7-17-12-20-10-16(14(3)4)6-8-18(20)11-19(17)9-15;2*1-13(2)15-7-9-19-17(11-15)5-6-18-12-16(14(3)4)8-10-20(18)19;1-11(2)13-5-7-15-16-8-6-14(12(3)4)10-18(16)19(20,21)17(15)9-13;/h5-14H,1-4H3;2*7-14H,5-6H2,1-4H3;5-12H,1-4H3;1H4. The van der Waals surface area contributed by atoms with Gasteiger partial charge in [0, 0.05) is 11.1 Å². The lowest BCUT2D eigenvalue weighted by molar-refractivity contribution is 0.0478. The Bertz CT molecular complexity index is 3350. The second kappa shape index (κ2) is 25.5. The van der Waals surface area contributed by atoms with Crippen molar-refractivity contribution in [2.75, 3.05) is 0 Å². The molecule has 0 N–H and O–H groups in total. The van der Waals surface area contributed by atoms with Crippen molar-refractivity contribution in [3.8, 4) is 33.4 Å². The van der Waals surface area contributed by atoms with Gasteiger partial charge < -0.3 is 0 Å². The van der Waals surface area contributed by atoms with Crippen LogP contribution in [0.1, 0.15) is 243 Å². The Balaban J connectivity index is 0.000000143. The Hall–Kier alpha value is -6.64. The molecule has 2 heteroatoms. The molecule has 0 amide bonds. The molecular weight excluding hydrogens is 999 g/mol. The maximum absolute atomic E-state index is 14.8. The highest BCUT2D eigenvalue weighted by atomic mass is 19.3. The van der Waals surface area contributed by atoms with Gasteiger partial charge in [0.15, 0.2) is 0 Å². The molecule has 0 saturated heterocycles. The fraction of sp³-hybridized carbons (Fsp3) is 0.375. The van der Waals surface area contributed by atoms with E-state index in [0.29, 0.717) is 46.6 Å². The molecule has 0 saturated carbocycles. The SMILES string of the molecule is C.CC(C)c1ccc2c(c1)C(F)(F)c1cc(C(C)C)ccc1-2.CC(C)c1ccc2c(c1)CCc1cc(C(C)C)ccc1-2.CC(C)c1ccc2c(c1)CCc1cc(C(C)C)ccc1-2.CC(C)c1ccc2cc3cc(C(C)C)ccc3cc2c1. The summed E-state index contributed by atoms with van der Waals surface area (Å²) in [5.41, 5.74) is 24.2. The first-order chi connectivity index (χ1) is 38.5. The van der Waals surface area contributed by atoms with Crippen LogP contribution in [0, 0.1) is 0 Å². The molecule has 82 heavy (non-hydrogen) atoms. The van der Waals surface area contributed by atoms with Crippen molar-refractivity contribution in [2.24, 2.45) is 0 Å². The minimum atomic E-state index is -2.89. The van der Waals surface area contributed by atoms with Gasteiger partial charge in [0.1, 0.15) is 0 Å². The summed E-state index contributed by atoms with van der Waals surface area (Å²) in [5, 5.41) is 5.37. The Morgan fingerprint density at radius 2 is 0.451 bits per heavy atom. The fourth-order valence-electron chi connectivity index (χ4n) is 12.0. The van der Waals surface area contributed by atoms with Crippen molar-refractivity contribution in [2.45, 2.75) is 197 Å². The predicted molar refractivity (Wildman–Crippen MR) is 354 cm³/mol. The molecule has 0 radical (unpaired) electrons. The van der Waals surface area contributed by atoms with Crippen LogP contribution in [0.25, 0.3) is 54.9 Å². The zero-order valence-corrected chi connectivity index (χ0v) is 51.7. The number of aryl methyl sites for hydroxylation is 4. The number of alkyl halides is 2.